The monoisotopic (exact) mass is 552 g/mol. The largest absolute Gasteiger partial charge is 0.490 e. The molecule has 0 spiro atoms. The molecule has 37 heavy (non-hydrogen) atoms. The standard InChI is InChI=1S/C28H25ClN2O4S2/c1-4-34-24-13-19(14-25-27(33)31(28(36)37-25)22-8-6-5-7-18(22)3)10-12-23(24)35-16-26(32)30-20-11-9-17(2)21(29)15-20/h5-15H,4,16H2,1-3H3,(H,30,32)/b25-14-. The molecule has 0 unspecified atom stereocenters. The highest BCUT2D eigenvalue weighted by Crippen LogP contribution is 2.38. The molecule has 9 heteroatoms. The first kappa shape index (κ1) is 26.7. The number of para-hydroxylation sites is 1. The van der Waals surface area contributed by atoms with Crippen molar-refractivity contribution in [1.29, 1.82) is 0 Å². The average Bonchev–Trinajstić information content (AvgIpc) is 3.14. The van der Waals surface area contributed by atoms with E-state index in [4.69, 9.17) is 33.3 Å². The van der Waals surface area contributed by atoms with Crippen LogP contribution < -0.4 is 19.7 Å². The number of aryl methyl sites for hydroxylation is 2. The second-order valence-electron chi connectivity index (χ2n) is 8.24. The van der Waals surface area contributed by atoms with Gasteiger partial charge < -0.3 is 14.8 Å². The van der Waals surface area contributed by atoms with E-state index in [1.165, 1.54) is 11.8 Å². The predicted molar refractivity (Wildman–Crippen MR) is 155 cm³/mol. The van der Waals surface area contributed by atoms with Crippen LogP contribution in [0.15, 0.2) is 65.6 Å². The van der Waals surface area contributed by atoms with Crippen molar-refractivity contribution in [2.24, 2.45) is 0 Å². The summed E-state index contributed by atoms with van der Waals surface area (Å²) in [6.45, 7) is 5.89. The first-order valence-electron chi connectivity index (χ1n) is 11.6. The summed E-state index contributed by atoms with van der Waals surface area (Å²) < 4.78 is 12.0. The molecule has 0 aromatic heterocycles. The van der Waals surface area contributed by atoms with E-state index in [1.807, 2.05) is 51.1 Å². The van der Waals surface area contributed by atoms with E-state index in [9.17, 15) is 9.59 Å². The third-order valence-corrected chi connectivity index (χ3v) is 7.24. The molecule has 1 N–H and O–H groups in total. The molecule has 0 aliphatic carbocycles. The van der Waals surface area contributed by atoms with Gasteiger partial charge in [-0.05, 0) is 73.9 Å². The van der Waals surface area contributed by atoms with Crippen molar-refractivity contribution in [3.8, 4) is 11.5 Å². The number of thioether (sulfide) groups is 1. The molecule has 1 saturated heterocycles. The van der Waals surface area contributed by atoms with Crippen molar-refractivity contribution in [3.05, 3.63) is 87.3 Å². The summed E-state index contributed by atoms with van der Waals surface area (Å²) in [6, 6.07) is 18.2. The van der Waals surface area contributed by atoms with Gasteiger partial charge in [0.2, 0.25) is 0 Å². The van der Waals surface area contributed by atoms with E-state index in [-0.39, 0.29) is 18.4 Å². The highest BCUT2D eigenvalue weighted by molar-refractivity contribution is 8.27. The SMILES string of the molecule is CCOc1cc(/C=C2\SC(=S)N(c3ccccc3C)C2=O)ccc1OCC(=O)Nc1ccc(C)c(Cl)c1. The van der Waals surface area contributed by atoms with Crippen LogP contribution in [0.5, 0.6) is 11.5 Å². The van der Waals surface area contributed by atoms with E-state index in [0.717, 1.165) is 22.4 Å². The van der Waals surface area contributed by atoms with Crippen LogP contribution in [0.1, 0.15) is 23.6 Å². The van der Waals surface area contributed by atoms with Crippen molar-refractivity contribution < 1.29 is 19.1 Å². The lowest BCUT2D eigenvalue weighted by atomic mass is 10.1. The number of benzene rings is 3. The maximum Gasteiger partial charge on any atom is 0.270 e. The first-order chi connectivity index (χ1) is 17.8. The number of ether oxygens (including phenoxy) is 2. The summed E-state index contributed by atoms with van der Waals surface area (Å²) in [6.07, 6.45) is 1.78. The minimum absolute atomic E-state index is 0.171. The molecule has 2 amide bonds. The quantitative estimate of drug-likeness (QED) is 0.245. The van der Waals surface area contributed by atoms with E-state index in [2.05, 4.69) is 5.32 Å². The van der Waals surface area contributed by atoms with Crippen molar-refractivity contribution in [2.45, 2.75) is 20.8 Å². The molecule has 1 aliphatic heterocycles. The first-order valence-corrected chi connectivity index (χ1v) is 13.2. The van der Waals surface area contributed by atoms with Gasteiger partial charge in [0.15, 0.2) is 22.4 Å². The van der Waals surface area contributed by atoms with Crippen molar-refractivity contribution in [1.82, 2.24) is 0 Å². The van der Waals surface area contributed by atoms with Crippen LogP contribution in [0, 0.1) is 13.8 Å². The van der Waals surface area contributed by atoms with Gasteiger partial charge in [-0.3, -0.25) is 14.5 Å². The normalized spacial score (nSPS) is 14.3. The summed E-state index contributed by atoms with van der Waals surface area (Å²) in [5, 5.41) is 3.34. The van der Waals surface area contributed by atoms with Crippen LogP contribution in [0.2, 0.25) is 5.02 Å². The van der Waals surface area contributed by atoms with Crippen LogP contribution in [-0.4, -0.2) is 29.3 Å². The van der Waals surface area contributed by atoms with Gasteiger partial charge in [0.1, 0.15) is 0 Å². The number of anilines is 2. The van der Waals surface area contributed by atoms with Gasteiger partial charge in [-0.2, -0.15) is 0 Å². The Kier molecular flexibility index (Phi) is 8.53. The molecule has 0 saturated carbocycles. The second-order valence-corrected chi connectivity index (χ2v) is 10.3. The summed E-state index contributed by atoms with van der Waals surface area (Å²) in [7, 11) is 0. The molecule has 3 aromatic carbocycles. The molecule has 1 aliphatic rings. The molecule has 6 nitrogen and oxygen atoms in total. The van der Waals surface area contributed by atoms with Gasteiger partial charge in [-0.1, -0.05) is 65.9 Å². The van der Waals surface area contributed by atoms with Gasteiger partial charge in [-0.15, -0.1) is 0 Å². The Labute approximate surface area is 230 Å². The van der Waals surface area contributed by atoms with E-state index >= 15 is 0 Å². The number of carbonyl (C=O) groups excluding carboxylic acids is 2. The number of nitrogens with zero attached hydrogens (tertiary/aromatic N) is 1. The Morgan fingerprint density at radius 2 is 1.84 bits per heavy atom. The number of amides is 2. The van der Waals surface area contributed by atoms with E-state index in [0.29, 0.717) is 38.0 Å². The maximum absolute atomic E-state index is 13.2. The lowest BCUT2D eigenvalue weighted by Gasteiger charge is -2.16. The Morgan fingerprint density at radius 1 is 1.05 bits per heavy atom. The number of nitrogens with one attached hydrogen (secondary N) is 1. The Hall–Kier alpha value is -3.33. The zero-order chi connectivity index (χ0) is 26.5. The van der Waals surface area contributed by atoms with Crippen LogP contribution >= 0.6 is 35.6 Å². The van der Waals surface area contributed by atoms with Gasteiger partial charge in [0.25, 0.3) is 11.8 Å². The zero-order valence-corrected chi connectivity index (χ0v) is 22.9. The number of rotatable bonds is 8. The average molecular weight is 553 g/mol. The third-order valence-electron chi connectivity index (χ3n) is 5.53. The van der Waals surface area contributed by atoms with Gasteiger partial charge >= 0.3 is 0 Å². The number of hydrogen-bond donors (Lipinski definition) is 1. The fraction of sp³-hybridized carbons (Fsp3) is 0.179. The molecular weight excluding hydrogens is 528 g/mol. The van der Waals surface area contributed by atoms with E-state index < -0.39 is 0 Å². The summed E-state index contributed by atoms with van der Waals surface area (Å²) in [5.41, 5.74) is 4.01. The topological polar surface area (TPSA) is 67.9 Å². The van der Waals surface area contributed by atoms with Gasteiger partial charge in [0.05, 0.1) is 17.2 Å². The smallest absolute Gasteiger partial charge is 0.270 e. The number of halogens is 1. The lowest BCUT2D eigenvalue weighted by molar-refractivity contribution is -0.118. The molecule has 1 fully saturated rings. The molecule has 1 heterocycles. The van der Waals surface area contributed by atoms with Crippen LogP contribution in [0.3, 0.4) is 0 Å². The Bertz CT molecular complexity index is 1410. The Balaban J connectivity index is 1.48. The minimum atomic E-state index is -0.327. The molecule has 190 valence electrons. The minimum Gasteiger partial charge on any atom is -0.490 e. The van der Waals surface area contributed by atoms with Gasteiger partial charge in [-0.25, -0.2) is 0 Å². The fourth-order valence-electron chi connectivity index (χ4n) is 3.65. The fourth-order valence-corrected chi connectivity index (χ4v) is 5.12. The van der Waals surface area contributed by atoms with Crippen molar-refractivity contribution in [2.75, 3.05) is 23.4 Å². The predicted octanol–water partition coefficient (Wildman–Crippen LogP) is 6.78. The van der Waals surface area contributed by atoms with E-state index in [1.54, 1.807) is 41.3 Å². The van der Waals surface area contributed by atoms with Crippen LogP contribution in [-0.2, 0) is 9.59 Å². The summed E-state index contributed by atoms with van der Waals surface area (Å²) in [5.74, 6) is 0.391. The van der Waals surface area contributed by atoms with Gasteiger partial charge in [0, 0.05) is 10.7 Å². The molecule has 0 bridgehead atoms. The van der Waals surface area contributed by atoms with Crippen molar-refractivity contribution in [3.63, 3.8) is 0 Å². The molecule has 4 rings (SSSR count). The van der Waals surface area contributed by atoms with Crippen LogP contribution in [0.4, 0.5) is 11.4 Å². The zero-order valence-electron chi connectivity index (χ0n) is 20.5. The summed E-state index contributed by atoms with van der Waals surface area (Å²) >= 11 is 12.9. The molecule has 0 radical (unpaired) electrons. The third kappa shape index (κ3) is 6.33. The number of thiocarbonyl (C=S) groups is 1. The molecule has 0 atom stereocenters. The number of hydrogen-bond acceptors (Lipinski definition) is 6. The van der Waals surface area contributed by atoms with Crippen LogP contribution in [0.25, 0.3) is 6.08 Å². The summed E-state index contributed by atoms with van der Waals surface area (Å²) in [4.78, 5) is 27.6. The van der Waals surface area contributed by atoms with Crippen molar-refractivity contribution >= 4 is 69.2 Å². The highest BCUT2D eigenvalue weighted by Gasteiger charge is 2.34. The molecular formula is C28H25ClN2O4S2. The highest BCUT2D eigenvalue weighted by atomic mass is 35.5. The second kappa shape index (κ2) is 11.8. The Morgan fingerprint density at radius 3 is 2.57 bits per heavy atom. The maximum atomic E-state index is 13.2. The molecule has 3 aromatic rings. The lowest BCUT2D eigenvalue weighted by Crippen LogP contribution is -2.28. The number of carbonyl (C=O) groups is 2.